The first-order chi connectivity index (χ1) is 21.3. The first-order valence-corrected chi connectivity index (χ1v) is 17.0. The number of fused-ring (bicyclic) bond motifs is 1. The van der Waals surface area contributed by atoms with Crippen LogP contribution < -0.4 is 9.80 Å². The SMILES string of the molecule is CCc1nc2sc(N3CC[C@@H](N(CC(=O)N4CC(O)C4)CC4CC4)C3)nn2c1N(C)c1nc(-c2ccc(C)cc2)c(C#N)s1. The van der Waals surface area contributed by atoms with Crippen LogP contribution in [0.4, 0.5) is 16.1 Å². The number of aryl methyl sites for hydroxylation is 2. The number of aromatic nitrogens is 4. The molecule has 7 rings (SSSR count). The Balaban J connectivity index is 1.12. The average Bonchev–Trinajstić information content (AvgIpc) is 3.37. The number of hydrogen-bond acceptors (Lipinski definition) is 11. The lowest BCUT2D eigenvalue weighted by atomic mass is 10.1. The van der Waals surface area contributed by atoms with E-state index in [4.69, 9.17) is 15.1 Å². The van der Waals surface area contributed by atoms with Gasteiger partial charge in [-0.2, -0.15) is 9.78 Å². The van der Waals surface area contributed by atoms with Crippen molar-refractivity contribution in [3.63, 3.8) is 0 Å². The number of benzene rings is 1. The van der Waals surface area contributed by atoms with Crippen LogP contribution in [0.25, 0.3) is 16.2 Å². The van der Waals surface area contributed by atoms with Crippen LogP contribution in [-0.2, 0) is 11.2 Å². The normalized spacial score (nSPS) is 18.8. The third-order valence-electron chi connectivity index (χ3n) is 8.91. The van der Waals surface area contributed by atoms with Crippen LogP contribution in [0.3, 0.4) is 0 Å². The van der Waals surface area contributed by atoms with Crippen LogP contribution in [-0.4, -0.2) is 98.9 Å². The van der Waals surface area contributed by atoms with Crippen LogP contribution in [0.5, 0.6) is 0 Å². The summed E-state index contributed by atoms with van der Waals surface area (Å²) >= 11 is 2.97. The van der Waals surface area contributed by atoms with E-state index in [9.17, 15) is 15.2 Å². The number of β-amino-alcohol motifs (C(OH)–C–C–N with tert-alkyl or cyclic N) is 1. The third kappa shape index (κ3) is 5.56. The van der Waals surface area contributed by atoms with Crippen LogP contribution in [0, 0.1) is 24.2 Å². The molecule has 230 valence electrons. The molecule has 0 radical (unpaired) electrons. The lowest BCUT2D eigenvalue weighted by molar-refractivity contribution is -0.143. The van der Waals surface area contributed by atoms with E-state index in [0.717, 1.165) is 70.3 Å². The summed E-state index contributed by atoms with van der Waals surface area (Å²) < 4.78 is 1.92. The molecule has 1 saturated carbocycles. The molecule has 2 aliphatic heterocycles. The van der Waals surface area contributed by atoms with Crippen molar-refractivity contribution >= 4 is 49.6 Å². The van der Waals surface area contributed by atoms with Gasteiger partial charge in [0.05, 0.1) is 18.3 Å². The van der Waals surface area contributed by atoms with Gasteiger partial charge < -0.3 is 19.8 Å². The smallest absolute Gasteiger partial charge is 0.236 e. The predicted octanol–water partition coefficient (Wildman–Crippen LogP) is 3.92. The van der Waals surface area contributed by atoms with Gasteiger partial charge in [-0.15, -0.1) is 5.10 Å². The minimum absolute atomic E-state index is 0.120. The van der Waals surface area contributed by atoms with Crippen LogP contribution in [0.2, 0.25) is 0 Å². The summed E-state index contributed by atoms with van der Waals surface area (Å²) in [4.78, 5) is 32.6. The Morgan fingerprint density at radius 3 is 2.59 bits per heavy atom. The van der Waals surface area contributed by atoms with E-state index in [-0.39, 0.29) is 18.1 Å². The quantitative estimate of drug-likeness (QED) is 0.278. The van der Waals surface area contributed by atoms with Gasteiger partial charge in [-0.3, -0.25) is 9.69 Å². The number of anilines is 3. The Labute approximate surface area is 265 Å². The number of nitrogens with zero attached hydrogens (tertiary/aromatic N) is 9. The summed E-state index contributed by atoms with van der Waals surface area (Å²) in [6.45, 7) is 8.12. The zero-order valence-corrected chi connectivity index (χ0v) is 26.9. The van der Waals surface area contributed by atoms with Crippen molar-refractivity contribution in [1.29, 1.82) is 5.26 Å². The van der Waals surface area contributed by atoms with Gasteiger partial charge in [-0.05, 0) is 38.5 Å². The van der Waals surface area contributed by atoms with Crippen LogP contribution >= 0.6 is 22.7 Å². The molecule has 0 bridgehead atoms. The van der Waals surface area contributed by atoms with Crippen molar-refractivity contribution in [2.45, 2.75) is 51.7 Å². The van der Waals surface area contributed by atoms with Crippen LogP contribution in [0.1, 0.15) is 42.3 Å². The standard InChI is InChI=1S/C31H37N9O2S2/c1-4-24-28(36(3)29-34-27(25(13-32)43-29)21-9-5-19(2)6-10-21)40-30(33-24)44-31(35-40)37-12-11-22(15-37)38(14-20-7-8-20)18-26(42)39-16-23(41)17-39/h5-6,9-10,20,22-23,41H,4,7-8,11-12,14-18H2,1-3H3/t22-/m1/s1. The average molecular weight is 632 g/mol. The monoisotopic (exact) mass is 631 g/mol. The first-order valence-electron chi connectivity index (χ1n) is 15.4. The fraction of sp³-hybridized carbons (Fsp3) is 0.516. The molecule has 1 aliphatic carbocycles. The highest BCUT2D eigenvalue weighted by Crippen LogP contribution is 2.39. The summed E-state index contributed by atoms with van der Waals surface area (Å²) in [7, 11) is 1.97. The maximum Gasteiger partial charge on any atom is 0.236 e. The number of amides is 1. The number of likely N-dealkylation sites (tertiary alicyclic amines) is 1. The van der Waals surface area contributed by atoms with E-state index >= 15 is 0 Å². The summed E-state index contributed by atoms with van der Waals surface area (Å²) in [5.41, 5.74) is 3.72. The number of carbonyl (C=O) groups is 1. The van der Waals surface area contributed by atoms with Gasteiger partial charge in [0.15, 0.2) is 10.9 Å². The van der Waals surface area contributed by atoms with Crippen molar-refractivity contribution in [3.8, 4) is 17.3 Å². The van der Waals surface area contributed by atoms with Gasteiger partial charge in [-0.25, -0.2) is 9.97 Å². The number of imidazole rings is 1. The molecule has 0 unspecified atom stereocenters. The Kier molecular flexibility index (Phi) is 7.78. The van der Waals surface area contributed by atoms with Crippen molar-refractivity contribution in [3.05, 3.63) is 40.4 Å². The van der Waals surface area contributed by atoms with E-state index in [1.54, 1.807) is 16.2 Å². The summed E-state index contributed by atoms with van der Waals surface area (Å²) in [6, 6.07) is 10.7. The lowest BCUT2D eigenvalue weighted by Gasteiger charge is -2.38. The topological polar surface area (TPSA) is 117 Å². The Bertz CT molecular complexity index is 1710. The van der Waals surface area contributed by atoms with Crippen molar-refractivity contribution in [2.24, 2.45) is 5.92 Å². The van der Waals surface area contributed by atoms with Gasteiger partial charge >= 0.3 is 0 Å². The maximum absolute atomic E-state index is 12.9. The molecule has 1 amide bonds. The Morgan fingerprint density at radius 1 is 1.14 bits per heavy atom. The summed E-state index contributed by atoms with van der Waals surface area (Å²) in [6.07, 6.45) is 3.83. The second-order valence-electron chi connectivity index (χ2n) is 12.2. The molecule has 1 atom stereocenters. The predicted molar refractivity (Wildman–Crippen MR) is 173 cm³/mol. The molecule has 3 aromatic heterocycles. The van der Waals surface area contributed by atoms with Crippen LogP contribution in [0.15, 0.2) is 24.3 Å². The number of aliphatic hydroxyl groups is 1. The number of hydrogen-bond donors (Lipinski definition) is 1. The summed E-state index contributed by atoms with van der Waals surface area (Å²) in [5.74, 6) is 1.67. The zero-order chi connectivity index (χ0) is 30.5. The molecule has 44 heavy (non-hydrogen) atoms. The highest BCUT2D eigenvalue weighted by atomic mass is 32.1. The third-order valence-corrected chi connectivity index (χ3v) is 10.9. The molecule has 3 aliphatic rings. The Hall–Kier alpha value is -3.57. The van der Waals surface area contributed by atoms with E-state index in [1.807, 2.05) is 47.7 Å². The van der Waals surface area contributed by atoms with E-state index in [0.29, 0.717) is 36.1 Å². The molecule has 0 spiro atoms. The number of aliphatic hydroxyl groups excluding tert-OH is 1. The summed E-state index contributed by atoms with van der Waals surface area (Å²) in [5, 5.41) is 26.3. The number of rotatable bonds is 10. The first kappa shape index (κ1) is 29.2. The molecule has 11 nitrogen and oxygen atoms in total. The van der Waals surface area contributed by atoms with E-state index < -0.39 is 0 Å². The molecular formula is C31H37N9O2S2. The van der Waals surface area contributed by atoms with E-state index in [1.165, 1.54) is 24.2 Å². The largest absolute Gasteiger partial charge is 0.389 e. The molecule has 13 heteroatoms. The van der Waals surface area contributed by atoms with Crippen molar-refractivity contribution < 1.29 is 9.90 Å². The molecule has 1 aromatic carbocycles. The lowest BCUT2D eigenvalue weighted by Crippen LogP contribution is -2.57. The van der Waals surface area contributed by atoms with E-state index in [2.05, 4.69) is 22.8 Å². The van der Waals surface area contributed by atoms with Gasteiger partial charge in [0.2, 0.25) is 16.0 Å². The fourth-order valence-corrected chi connectivity index (χ4v) is 7.92. The number of nitriles is 1. The van der Waals surface area contributed by atoms with Gasteiger partial charge in [0.1, 0.15) is 16.6 Å². The minimum Gasteiger partial charge on any atom is -0.389 e. The number of thiazole rings is 1. The fourth-order valence-electron chi connectivity index (χ4n) is 6.12. The second-order valence-corrected chi connectivity index (χ2v) is 14.2. The maximum atomic E-state index is 12.9. The highest BCUT2D eigenvalue weighted by Gasteiger charge is 2.37. The second kappa shape index (κ2) is 11.7. The van der Waals surface area contributed by atoms with Gasteiger partial charge in [0.25, 0.3) is 0 Å². The zero-order valence-electron chi connectivity index (χ0n) is 25.3. The molecule has 4 aromatic rings. The van der Waals surface area contributed by atoms with Crippen molar-refractivity contribution in [2.75, 3.05) is 56.1 Å². The molecule has 5 heterocycles. The molecule has 3 fully saturated rings. The molecule has 2 saturated heterocycles. The van der Waals surface area contributed by atoms with Crippen molar-refractivity contribution in [1.82, 2.24) is 29.4 Å². The number of carbonyl (C=O) groups excluding carboxylic acids is 1. The van der Waals surface area contributed by atoms with Gasteiger partial charge in [0, 0.05) is 51.4 Å². The minimum atomic E-state index is -0.377. The van der Waals surface area contributed by atoms with Gasteiger partial charge in [-0.1, -0.05) is 59.4 Å². The Morgan fingerprint density at radius 2 is 1.91 bits per heavy atom. The highest BCUT2D eigenvalue weighted by molar-refractivity contribution is 7.20. The molecule has 1 N–H and O–H groups in total. The molecular weight excluding hydrogens is 595 g/mol.